The molecule has 0 spiro atoms. The summed E-state index contributed by atoms with van der Waals surface area (Å²) in [6.07, 6.45) is 0.496. The maximum Gasteiger partial charge on any atom is 0.222 e. The Morgan fingerprint density at radius 2 is 2.32 bits per heavy atom. The Kier molecular flexibility index (Phi) is 2.97. The molecule has 1 amide bonds. The fraction of sp³-hybridized carbons (Fsp3) is 0.429. The van der Waals surface area contributed by atoms with Crippen LogP contribution in [0.3, 0.4) is 0 Å². The van der Waals surface area contributed by atoms with Crippen molar-refractivity contribution in [2.24, 2.45) is 0 Å². The van der Waals surface area contributed by atoms with E-state index in [1.807, 2.05) is 19.1 Å². The molecule has 2 unspecified atom stereocenters. The number of imidazole rings is 1. The van der Waals surface area contributed by atoms with Crippen molar-refractivity contribution in [1.29, 1.82) is 0 Å². The van der Waals surface area contributed by atoms with Crippen LogP contribution < -0.4 is 5.32 Å². The van der Waals surface area contributed by atoms with E-state index in [1.54, 1.807) is 0 Å². The summed E-state index contributed by atoms with van der Waals surface area (Å²) in [5, 5.41) is 2.70. The molecule has 0 bridgehead atoms. The first-order chi connectivity index (χ1) is 9.08. The van der Waals surface area contributed by atoms with Gasteiger partial charge in [-0.25, -0.2) is 4.98 Å². The van der Waals surface area contributed by atoms with Gasteiger partial charge in [0.1, 0.15) is 5.82 Å². The molecule has 0 radical (unpaired) electrons. The number of benzene rings is 1. The van der Waals surface area contributed by atoms with E-state index < -0.39 is 0 Å². The van der Waals surface area contributed by atoms with Gasteiger partial charge in [0.15, 0.2) is 0 Å². The molecule has 2 atom stereocenters. The SMILES string of the molecule is Cc1cccc2nc(C(C)Cl)n(C3CNC(=O)C3)c12. The second-order valence-electron chi connectivity index (χ2n) is 5.06. The third-order valence-electron chi connectivity index (χ3n) is 3.62. The summed E-state index contributed by atoms with van der Waals surface area (Å²) < 4.78 is 2.14. The van der Waals surface area contributed by atoms with Crippen molar-refractivity contribution in [1.82, 2.24) is 14.9 Å². The highest BCUT2D eigenvalue weighted by Crippen LogP contribution is 2.32. The van der Waals surface area contributed by atoms with E-state index in [4.69, 9.17) is 11.6 Å². The highest BCUT2D eigenvalue weighted by Gasteiger charge is 2.28. The standard InChI is InChI=1S/C14H16ClN3O/c1-8-4-3-5-11-13(8)18(14(17-11)9(2)15)10-6-12(19)16-7-10/h3-5,9-10H,6-7H2,1-2H3,(H,16,19). The Hall–Kier alpha value is -1.55. The van der Waals surface area contributed by atoms with Crippen LogP contribution in [0.2, 0.25) is 0 Å². The lowest BCUT2D eigenvalue weighted by Gasteiger charge is -2.17. The summed E-state index contributed by atoms with van der Waals surface area (Å²) in [5.74, 6) is 0.932. The summed E-state index contributed by atoms with van der Waals surface area (Å²) in [6.45, 7) is 4.63. The van der Waals surface area contributed by atoms with Gasteiger partial charge in [-0.1, -0.05) is 12.1 Å². The Morgan fingerprint density at radius 1 is 1.53 bits per heavy atom. The van der Waals surface area contributed by atoms with E-state index in [0.717, 1.165) is 22.4 Å². The lowest BCUT2D eigenvalue weighted by molar-refractivity contribution is -0.119. The van der Waals surface area contributed by atoms with Gasteiger partial charge in [0, 0.05) is 13.0 Å². The second kappa shape index (κ2) is 4.53. The van der Waals surface area contributed by atoms with Crippen LogP contribution in [0.4, 0.5) is 0 Å². The average Bonchev–Trinajstić information content (AvgIpc) is 2.93. The molecule has 2 aromatic rings. The van der Waals surface area contributed by atoms with E-state index in [-0.39, 0.29) is 17.3 Å². The Labute approximate surface area is 116 Å². The maximum absolute atomic E-state index is 11.5. The number of para-hydroxylation sites is 1. The van der Waals surface area contributed by atoms with Crippen LogP contribution >= 0.6 is 11.6 Å². The molecule has 19 heavy (non-hydrogen) atoms. The zero-order valence-corrected chi connectivity index (χ0v) is 11.7. The number of amides is 1. The maximum atomic E-state index is 11.5. The number of hydrogen-bond donors (Lipinski definition) is 1. The second-order valence-corrected chi connectivity index (χ2v) is 5.72. The fourth-order valence-electron chi connectivity index (χ4n) is 2.76. The van der Waals surface area contributed by atoms with Gasteiger partial charge in [0.05, 0.1) is 22.5 Å². The summed E-state index contributed by atoms with van der Waals surface area (Å²) in [4.78, 5) is 16.1. The number of nitrogens with one attached hydrogen (secondary N) is 1. The number of fused-ring (bicyclic) bond motifs is 1. The van der Waals surface area contributed by atoms with Crippen molar-refractivity contribution in [3.63, 3.8) is 0 Å². The van der Waals surface area contributed by atoms with Crippen LogP contribution in [0.5, 0.6) is 0 Å². The van der Waals surface area contributed by atoms with Gasteiger partial charge in [-0.2, -0.15) is 0 Å². The number of halogens is 1. The number of nitrogens with zero attached hydrogens (tertiary/aromatic N) is 2. The summed E-state index contributed by atoms with van der Waals surface area (Å²) >= 11 is 6.26. The Morgan fingerprint density at radius 3 is 2.95 bits per heavy atom. The minimum Gasteiger partial charge on any atom is -0.354 e. The van der Waals surface area contributed by atoms with Gasteiger partial charge < -0.3 is 9.88 Å². The molecule has 1 aromatic heterocycles. The summed E-state index contributed by atoms with van der Waals surface area (Å²) in [6, 6.07) is 6.16. The van der Waals surface area contributed by atoms with E-state index in [2.05, 4.69) is 27.9 Å². The molecule has 1 aromatic carbocycles. The first-order valence-corrected chi connectivity index (χ1v) is 6.90. The van der Waals surface area contributed by atoms with Crippen molar-refractivity contribution < 1.29 is 4.79 Å². The Bertz CT molecular complexity index is 647. The smallest absolute Gasteiger partial charge is 0.222 e. The molecule has 4 nitrogen and oxygen atoms in total. The summed E-state index contributed by atoms with van der Waals surface area (Å²) in [5.41, 5.74) is 3.20. The average molecular weight is 278 g/mol. The predicted molar refractivity (Wildman–Crippen MR) is 75.4 cm³/mol. The van der Waals surface area contributed by atoms with Crippen molar-refractivity contribution in [2.45, 2.75) is 31.7 Å². The first kappa shape index (κ1) is 12.5. The van der Waals surface area contributed by atoms with Gasteiger partial charge in [0.25, 0.3) is 0 Å². The molecule has 3 rings (SSSR count). The molecular weight excluding hydrogens is 262 g/mol. The molecule has 0 aliphatic carbocycles. The van der Waals surface area contributed by atoms with E-state index in [9.17, 15) is 4.79 Å². The Balaban J connectivity index is 2.24. The molecule has 2 heterocycles. The monoisotopic (exact) mass is 277 g/mol. The molecule has 100 valence electrons. The van der Waals surface area contributed by atoms with Gasteiger partial charge in [-0.3, -0.25) is 4.79 Å². The van der Waals surface area contributed by atoms with E-state index >= 15 is 0 Å². The quantitative estimate of drug-likeness (QED) is 0.858. The largest absolute Gasteiger partial charge is 0.354 e. The highest BCUT2D eigenvalue weighted by atomic mass is 35.5. The molecule has 1 saturated heterocycles. The zero-order valence-electron chi connectivity index (χ0n) is 11.0. The van der Waals surface area contributed by atoms with Crippen LogP contribution in [0, 0.1) is 6.92 Å². The van der Waals surface area contributed by atoms with Crippen LogP contribution in [-0.4, -0.2) is 22.0 Å². The molecule has 5 heteroatoms. The fourth-order valence-corrected chi connectivity index (χ4v) is 2.92. The summed E-state index contributed by atoms with van der Waals surface area (Å²) in [7, 11) is 0. The first-order valence-electron chi connectivity index (χ1n) is 6.46. The van der Waals surface area contributed by atoms with Gasteiger partial charge in [-0.15, -0.1) is 11.6 Å². The number of hydrogen-bond acceptors (Lipinski definition) is 2. The number of rotatable bonds is 2. The molecule has 1 aliphatic rings. The lowest BCUT2D eigenvalue weighted by atomic mass is 10.1. The minimum absolute atomic E-state index is 0.0913. The number of carbonyl (C=O) groups is 1. The minimum atomic E-state index is -0.178. The van der Waals surface area contributed by atoms with Crippen LogP contribution in [0.15, 0.2) is 18.2 Å². The third kappa shape index (κ3) is 2.00. The van der Waals surface area contributed by atoms with Gasteiger partial charge >= 0.3 is 0 Å². The zero-order chi connectivity index (χ0) is 13.6. The van der Waals surface area contributed by atoms with Crippen molar-refractivity contribution in [3.05, 3.63) is 29.6 Å². The molecule has 0 saturated carbocycles. The van der Waals surface area contributed by atoms with Crippen molar-refractivity contribution in [2.75, 3.05) is 6.54 Å². The molecule has 1 aliphatic heterocycles. The van der Waals surface area contributed by atoms with E-state index in [1.165, 1.54) is 0 Å². The topological polar surface area (TPSA) is 46.9 Å². The predicted octanol–water partition coefficient (Wildman–Crippen LogP) is 2.71. The van der Waals surface area contributed by atoms with Gasteiger partial charge in [0.2, 0.25) is 5.91 Å². The lowest BCUT2D eigenvalue weighted by Crippen LogP contribution is -2.17. The van der Waals surface area contributed by atoms with Crippen molar-refractivity contribution >= 4 is 28.5 Å². The number of carbonyl (C=O) groups excluding carboxylic acids is 1. The van der Waals surface area contributed by atoms with E-state index in [0.29, 0.717) is 13.0 Å². The molecule has 1 fully saturated rings. The normalized spacial score (nSPS) is 20.8. The number of aryl methyl sites for hydroxylation is 1. The highest BCUT2D eigenvalue weighted by molar-refractivity contribution is 6.20. The van der Waals surface area contributed by atoms with Crippen molar-refractivity contribution in [3.8, 4) is 0 Å². The van der Waals surface area contributed by atoms with Crippen LogP contribution in [0.25, 0.3) is 11.0 Å². The van der Waals surface area contributed by atoms with Gasteiger partial charge in [-0.05, 0) is 25.5 Å². The number of aromatic nitrogens is 2. The van der Waals surface area contributed by atoms with Crippen LogP contribution in [-0.2, 0) is 4.79 Å². The molecule has 1 N–H and O–H groups in total. The third-order valence-corrected chi connectivity index (χ3v) is 3.81. The van der Waals surface area contributed by atoms with Crippen LogP contribution in [0.1, 0.15) is 36.2 Å². The molecular formula is C14H16ClN3O. The number of alkyl halides is 1.